The average molecular weight is 271 g/mol. The van der Waals surface area contributed by atoms with Gasteiger partial charge in [-0.1, -0.05) is 11.6 Å². The van der Waals surface area contributed by atoms with Crippen LogP contribution in [0.25, 0.3) is 0 Å². The largest absolute Gasteiger partial charge is 0.477 e. The normalized spacial score (nSPS) is 15.6. The fourth-order valence-electron chi connectivity index (χ4n) is 1.53. The maximum Gasteiger partial charge on any atom is 0.352 e. The van der Waals surface area contributed by atoms with Crippen molar-refractivity contribution in [2.24, 2.45) is 5.10 Å². The summed E-state index contributed by atoms with van der Waals surface area (Å²) in [7, 11) is 0. The third kappa shape index (κ3) is 2.33. The van der Waals surface area contributed by atoms with Gasteiger partial charge in [0.2, 0.25) is 5.91 Å². The minimum atomic E-state index is -1.19. The Kier molecular flexibility index (Phi) is 3.29. The van der Waals surface area contributed by atoms with Gasteiger partial charge >= 0.3 is 5.97 Å². The molecule has 1 heterocycles. The van der Waals surface area contributed by atoms with Crippen molar-refractivity contribution in [1.82, 2.24) is 0 Å². The number of carbonyl (C=O) groups is 2. The molecule has 7 heteroatoms. The molecule has 94 valence electrons. The SMILES string of the molecule is O=C(O)C1=NN(c2ccc(Cl)c(F)c2)C(=O)CC1. The maximum atomic E-state index is 13.3. The summed E-state index contributed by atoms with van der Waals surface area (Å²) in [6.07, 6.45) is 0.0934. The average Bonchev–Trinajstić information content (AvgIpc) is 2.33. The molecule has 1 N–H and O–H groups in total. The highest BCUT2D eigenvalue weighted by Crippen LogP contribution is 2.24. The first-order chi connectivity index (χ1) is 8.49. The first kappa shape index (κ1) is 12.5. The molecule has 0 aliphatic carbocycles. The number of aliphatic carboxylic acids is 1. The standard InChI is InChI=1S/C11H8ClFN2O3/c12-7-2-1-6(5-8(7)13)15-10(16)4-3-9(14-15)11(17)18/h1-2,5H,3-4H2,(H,17,18). The van der Waals surface area contributed by atoms with Crippen LogP contribution in [-0.4, -0.2) is 22.7 Å². The lowest BCUT2D eigenvalue weighted by Gasteiger charge is -2.22. The summed E-state index contributed by atoms with van der Waals surface area (Å²) >= 11 is 5.53. The van der Waals surface area contributed by atoms with E-state index in [9.17, 15) is 14.0 Å². The minimum absolute atomic E-state index is 0.0232. The zero-order chi connectivity index (χ0) is 13.3. The van der Waals surface area contributed by atoms with Crippen LogP contribution in [0.4, 0.5) is 10.1 Å². The molecule has 18 heavy (non-hydrogen) atoms. The second kappa shape index (κ2) is 4.73. The van der Waals surface area contributed by atoms with Crippen LogP contribution in [0.5, 0.6) is 0 Å². The third-order valence-corrected chi connectivity index (χ3v) is 2.73. The molecular weight excluding hydrogens is 263 g/mol. The van der Waals surface area contributed by atoms with E-state index in [1.165, 1.54) is 12.1 Å². The van der Waals surface area contributed by atoms with Crippen molar-refractivity contribution in [2.75, 3.05) is 5.01 Å². The summed E-state index contributed by atoms with van der Waals surface area (Å²) in [4.78, 5) is 22.4. The van der Waals surface area contributed by atoms with Crippen LogP contribution >= 0.6 is 11.6 Å². The number of hydrogen-bond donors (Lipinski definition) is 1. The molecule has 1 aliphatic heterocycles. The number of anilines is 1. The second-order valence-corrected chi connectivity index (χ2v) is 4.06. The Morgan fingerprint density at radius 1 is 1.44 bits per heavy atom. The molecule has 0 bridgehead atoms. The van der Waals surface area contributed by atoms with Crippen LogP contribution in [0.3, 0.4) is 0 Å². The van der Waals surface area contributed by atoms with E-state index in [1.807, 2.05) is 0 Å². The number of carboxylic acids is 1. The molecule has 0 fully saturated rings. The van der Waals surface area contributed by atoms with E-state index in [0.717, 1.165) is 11.1 Å². The predicted molar refractivity (Wildman–Crippen MR) is 63.2 cm³/mol. The number of hydrogen-bond acceptors (Lipinski definition) is 3. The van der Waals surface area contributed by atoms with Gasteiger partial charge in [-0.25, -0.2) is 14.2 Å². The fourth-order valence-corrected chi connectivity index (χ4v) is 1.64. The van der Waals surface area contributed by atoms with E-state index in [-0.39, 0.29) is 35.2 Å². The number of halogens is 2. The molecule has 1 amide bonds. The summed E-state index contributed by atoms with van der Waals surface area (Å²) in [6, 6.07) is 3.72. The maximum absolute atomic E-state index is 13.3. The van der Waals surface area contributed by atoms with Gasteiger partial charge in [0.25, 0.3) is 0 Å². The molecule has 2 rings (SSSR count). The number of benzene rings is 1. The molecule has 0 atom stereocenters. The molecule has 5 nitrogen and oxygen atoms in total. The number of rotatable bonds is 2. The van der Waals surface area contributed by atoms with Crippen LogP contribution in [0.15, 0.2) is 23.3 Å². The molecule has 0 aromatic heterocycles. The predicted octanol–water partition coefficient (Wildman–Crippen LogP) is 2.05. The Labute approximate surface area is 106 Å². The van der Waals surface area contributed by atoms with Crippen molar-refractivity contribution in [3.05, 3.63) is 29.0 Å². The quantitative estimate of drug-likeness (QED) is 0.894. The number of amides is 1. The van der Waals surface area contributed by atoms with Crippen LogP contribution < -0.4 is 5.01 Å². The van der Waals surface area contributed by atoms with Crippen molar-refractivity contribution in [1.29, 1.82) is 0 Å². The first-order valence-corrected chi connectivity index (χ1v) is 5.45. The Hall–Kier alpha value is -1.95. The lowest BCUT2D eigenvalue weighted by Crippen LogP contribution is -2.34. The molecule has 0 spiro atoms. The second-order valence-electron chi connectivity index (χ2n) is 3.66. The van der Waals surface area contributed by atoms with Gasteiger partial charge in [-0.3, -0.25) is 4.79 Å². The van der Waals surface area contributed by atoms with E-state index in [2.05, 4.69) is 5.10 Å². The smallest absolute Gasteiger partial charge is 0.352 e. The Balaban J connectivity index is 2.41. The van der Waals surface area contributed by atoms with Crippen LogP contribution in [0, 0.1) is 5.82 Å². The molecule has 0 saturated carbocycles. The highest BCUT2D eigenvalue weighted by atomic mass is 35.5. The van der Waals surface area contributed by atoms with E-state index >= 15 is 0 Å². The number of carboxylic acid groups (broad SMARTS) is 1. The molecule has 1 aliphatic rings. The van der Waals surface area contributed by atoms with Gasteiger partial charge < -0.3 is 5.11 Å². The molecular formula is C11H8ClFN2O3. The van der Waals surface area contributed by atoms with E-state index < -0.39 is 11.8 Å². The Bertz CT molecular complexity index is 559. The molecule has 0 radical (unpaired) electrons. The molecule has 0 saturated heterocycles. The minimum Gasteiger partial charge on any atom is -0.477 e. The summed E-state index contributed by atoms with van der Waals surface area (Å²) in [5.41, 5.74) is 0.0188. The number of hydrazone groups is 1. The van der Waals surface area contributed by atoms with Gasteiger partial charge in [0.15, 0.2) is 0 Å². The Morgan fingerprint density at radius 2 is 2.17 bits per heavy atom. The lowest BCUT2D eigenvalue weighted by atomic mass is 10.1. The van der Waals surface area contributed by atoms with Gasteiger partial charge in [0, 0.05) is 18.9 Å². The summed E-state index contributed by atoms with van der Waals surface area (Å²) < 4.78 is 13.3. The highest BCUT2D eigenvalue weighted by Gasteiger charge is 2.25. The van der Waals surface area contributed by atoms with Gasteiger partial charge in [0.05, 0.1) is 10.7 Å². The van der Waals surface area contributed by atoms with Gasteiger partial charge in [0.1, 0.15) is 11.5 Å². The monoisotopic (exact) mass is 270 g/mol. The van der Waals surface area contributed by atoms with Crippen molar-refractivity contribution in [2.45, 2.75) is 12.8 Å². The van der Waals surface area contributed by atoms with Crippen LogP contribution in [0.1, 0.15) is 12.8 Å². The third-order valence-electron chi connectivity index (χ3n) is 2.43. The number of nitrogens with zero attached hydrogens (tertiary/aromatic N) is 2. The summed E-state index contributed by atoms with van der Waals surface area (Å²) in [5, 5.41) is 13.3. The summed E-state index contributed by atoms with van der Waals surface area (Å²) in [5.74, 6) is -2.27. The fraction of sp³-hybridized carbons (Fsp3) is 0.182. The van der Waals surface area contributed by atoms with Gasteiger partial charge in [-0.2, -0.15) is 5.10 Å². The number of carbonyl (C=O) groups excluding carboxylic acids is 1. The Morgan fingerprint density at radius 3 is 2.78 bits per heavy atom. The molecule has 1 aromatic carbocycles. The van der Waals surface area contributed by atoms with Crippen LogP contribution in [0.2, 0.25) is 5.02 Å². The first-order valence-electron chi connectivity index (χ1n) is 5.08. The lowest BCUT2D eigenvalue weighted by molar-refractivity contribution is -0.129. The van der Waals surface area contributed by atoms with E-state index in [1.54, 1.807) is 0 Å². The zero-order valence-corrected chi connectivity index (χ0v) is 9.82. The van der Waals surface area contributed by atoms with Gasteiger partial charge in [-0.15, -0.1) is 0 Å². The van der Waals surface area contributed by atoms with Crippen molar-refractivity contribution in [3.63, 3.8) is 0 Å². The summed E-state index contributed by atoms with van der Waals surface area (Å²) in [6.45, 7) is 0. The van der Waals surface area contributed by atoms with Crippen LogP contribution in [-0.2, 0) is 9.59 Å². The van der Waals surface area contributed by atoms with Crippen molar-refractivity contribution >= 4 is 34.9 Å². The molecule has 0 unspecified atom stereocenters. The van der Waals surface area contributed by atoms with E-state index in [0.29, 0.717) is 0 Å². The highest BCUT2D eigenvalue weighted by molar-refractivity contribution is 6.37. The zero-order valence-electron chi connectivity index (χ0n) is 9.06. The molecule has 1 aromatic rings. The van der Waals surface area contributed by atoms with Gasteiger partial charge in [-0.05, 0) is 12.1 Å². The topological polar surface area (TPSA) is 70.0 Å². The van der Waals surface area contributed by atoms with Crippen molar-refractivity contribution in [3.8, 4) is 0 Å². The van der Waals surface area contributed by atoms with Crippen molar-refractivity contribution < 1.29 is 19.1 Å². The van der Waals surface area contributed by atoms with E-state index in [4.69, 9.17) is 16.7 Å².